The van der Waals surface area contributed by atoms with Gasteiger partial charge in [-0.25, -0.2) is 14.8 Å². The highest BCUT2D eigenvalue weighted by molar-refractivity contribution is 5.70. The van der Waals surface area contributed by atoms with Gasteiger partial charge < -0.3 is 9.84 Å². The highest BCUT2D eigenvalue weighted by Gasteiger charge is 2.14. The van der Waals surface area contributed by atoms with Crippen molar-refractivity contribution in [3.63, 3.8) is 0 Å². The van der Waals surface area contributed by atoms with Gasteiger partial charge in [0.1, 0.15) is 12.1 Å². The average Bonchev–Trinajstić information content (AvgIpc) is 2.45. The van der Waals surface area contributed by atoms with E-state index >= 15 is 0 Å². The van der Waals surface area contributed by atoms with E-state index in [1.807, 2.05) is 32.9 Å². The Bertz CT molecular complexity index is 639. The maximum absolute atomic E-state index is 10.7. The minimum absolute atomic E-state index is 0.220. The van der Waals surface area contributed by atoms with Crippen molar-refractivity contribution < 1.29 is 14.6 Å². The van der Waals surface area contributed by atoms with Gasteiger partial charge in [-0.05, 0) is 41.7 Å². The minimum atomic E-state index is -0.983. The second kappa shape index (κ2) is 6.35. The molecule has 0 spiro atoms. The maximum atomic E-state index is 10.7. The van der Waals surface area contributed by atoms with Crippen LogP contribution < -0.4 is 4.74 Å². The highest BCUT2D eigenvalue weighted by atomic mass is 16.5. The first kappa shape index (κ1) is 15.0. The molecule has 0 radical (unpaired) electrons. The number of carboxylic acids is 1. The molecule has 0 aliphatic carbocycles. The van der Waals surface area contributed by atoms with Crippen LogP contribution in [0.2, 0.25) is 0 Å². The lowest BCUT2D eigenvalue weighted by Gasteiger charge is -2.17. The topological polar surface area (TPSA) is 72.3 Å². The SMILES string of the molecule is Cc1cc(OCC(=O)O)c(C(C)C)cc1-c1cncnc1. The van der Waals surface area contributed by atoms with E-state index in [2.05, 4.69) is 9.97 Å². The molecule has 0 fully saturated rings. The number of ether oxygens (including phenoxy) is 1. The van der Waals surface area contributed by atoms with Crippen LogP contribution in [0.4, 0.5) is 0 Å². The Labute approximate surface area is 123 Å². The molecule has 2 rings (SSSR count). The summed E-state index contributed by atoms with van der Waals surface area (Å²) in [7, 11) is 0. The second-order valence-corrected chi connectivity index (χ2v) is 5.17. The van der Waals surface area contributed by atoms with Crippen LogP contribution in [0.1, 0.15) is 30.9 Å². The summed E-state index contributed by atoms with van der Waals surface area (Å²) in [6.45, 7) is 5.71. The van der Waals surface area contributed by atoms with Crippen molar-refractivity contribution in [3.8, 4) is 16.9 Å². The first-order valence-electron chi connectivity index (χ1n) is 6.73. The fourth-order valence-corrected chi connectivity index (χ4v) is 2.16. The van der Waals surface area contributed by atoms with Crippen LogP contribution in [-0.4, -0.2) is 27.7 Å². The molecule has 0 saturated heterocycles. The largest absolute Gasteiger partial charge is 0.482 e. The van der Waals surface area contributed by atoms with Crippen LogP contribution in [0.15, 0.2) is 30.9 Å². The van der Waals surface area contributed by atoms with Crippen molar-refractivity contribution in [1.82, 2.24) is 9.97 Å². The van der Waals surface area contributed by atoms with Crippen LogP contribution in [0, 0.1) is 6.92 Å². The van der Waals surface area contributed by atoms with Gasteiger partial charge in [0, 0.05) is 18.0 Å². The molecule has 1 heterocycles. The lowest BCUT2D eigenvalue weighted by Crippen LogP contribution is -2.11. The molecule has 0 aliphatic rings. The zero-order valence-corrected chi connectivity index (χ0v) is 12.3. The fraction of sp³-hybridized carbons (Fsp3) is 0.312. The Morgan fingerprint density at radius 2 is 1.95 bits per heavy atom. The van der Waals surface area contributed by atoms with Crippen molar-refractivity contribution in [2.45, 2.75) is 26.7 Å². The van der Waals surface area contributed by atoms with Gasteiger partial charge in [-0.15, -0.1) is 0 Å². The molecular formula is C16H18N2O3. The lowest BCUT2D eigenvalue weighted by molar-refractivity contribution is -0.139. The van der Waals surface area contributed by atoms with Crippen LogP contribution >= 0.6 is 0 Å². The van der Waals surface area contributed by atoms with E-state index in [4.69, 9.17) is 9.84 Å². The molecule has 1 aromatic carbocycles. The molecule has 1 N–H and O–H groups in total. The predicted molar refractivity (Wildman–Crippen MR) is 79.4 cm³/mol. The first-order chi connectivity index (χ1) is 9.99. The van der Waals surface area contributed by atoms with Crippen LogP contribution in [-0.2, 0) is 4.79 Å². The molecule has 0 unspecified atom stereocenters. The molecule has 110 valence electrons. The van der Waals surface area contributed by atoms with Crippen molar-refractivity contribution >= 4 is 5.97 Å². The number of hydrogen-bond acceptors (Lipinski definition) is 4. The standard InChI is InChI=1S/C16H18N2O3/c1-10(2)13-5-14(12-6-17-9-18-7-12)11(3)4-15(13)21-8-16(19)20/h4-7,9-10H,8H2,1-3H3,(H,19,20). The number of carboxylic acid groups (broad SMARTS) is 1. The Hall–Kier alpha value is -2.43. The molecule has 0 amide bonds. The van der Waals surface area contributed by atoms with E-state index in [1.165, 1.54) is 6.33 Å². The molecule has 0 saturated carbocycles. The van der Waals surface area contributed by atoms with Crippen LogP contribution in [0.25, 0.3) is 11.1 Å². The number of benzene rings is 1. The molecule has 5 heteroatoms. The molecular weight excluding hydrogens is 268 g/mol. The van der Waals surface area contributed by atoms with Crippen molar-refractivity contribution in [3.05, 3.63) is 42.0 Å². The number of carbonyl (C=O) groups is 1. The molecule has 0 bridgehead atoms. The third-order valence-corrected chi connectivity index (χ3v) is 3.20. The second-order valence-electron chi connectivity index (χ2n) is 5.17. The number of aryl methyl sites for hydroxylation is 1. The summed E-state index contributed by atoms with van der Waals surface area (Å²) in [5, 5.41) is 8.76. The van der Waals surface area contributed by atoms with E-state index in [-0.39, 0.29) is 12.5 Å². The smallest absolute Gasteiger partial charge is 0.341 e. The first-order valence-corrected chi connectivity index (χ1v) is 6.73. The lowest BCUT2D eigenvalue weighted by atomic mass is 9.94. The summed E-state index contributed by atoms with van der Waals surface area (Å²) in [5.74, 6) is -0.147. The Balaban J connectivity index is 2.46. The maximum Gasteiger partial charge on any atom is 0.341 e. The normalized spacial score (nSPS) is 10.7. The summed E-state index contributed by atoms with van der Waals surface area (Å²) >= 11 is 0. The molecule has 21 heavy (non-hydrogen) atoms. The number of aliphatic carboxylic acids is 1. The highest BCUT2D eigenvalue weighted by Crippen LogP contribution is 2.34. The van der Waals surface area contributed by atoms with E-state index < -0.39 is 5.97 Å². The summed E-state index contributed by atoms with van der Waals surface area (Å²) in [6, 6.07) is 3.90. The zero-order valence-electron chi connectivity index (χ0n) is 12.3. The molecule has 0 atom stereocenters. The van der Waals surface area contributed by atoms with E-state index in [0.29, 0.717) is 5.75 Å². The van der Waals surface area contributed by atoms with Crippen LogP contribution in [0.5, 0.6) is 5.75 Å². The van der Waals surface area contributed by atoms with Gasteiger partial charge in [0.15, 0.2) is 6.61 Å². The van der Waals surface area contributed by atoms with Gasteiger partial charge in [0.05, 0.1) is 0 Å². The van der Waals surface area contributed by atoms with Crippen molar-refractivity contribution in [2.24, 2.45) is 0 Å². The van der Waals surface area contributed by atoms with Gasteiger partial charge in [-0.2, -0.15) is 0 Å². The van der Waals surface area contributed by atoms with Gasteiger partial charge in [-0.3, -0.25) is 0 Å². The molecule has 0 aliphatic heterocycles. The summed E-state index contributed by atoms with van der Waals surface area (Å²) in [5.41, 5.74) is 3.93. The Morgan fingerprint density at radius 3 is 2.52 bits per heavy atom. The van der Waals surface area contributed by atoms with Gasteiger partial charge in [0.25, 0.3) is 0 Å². The number of aromatic nitrogens is 2. The van der Waals surface area contributed by atoms with Gasteiger partial charge in [-0.1, -0.05) is 13.8 Å². The van der Waals surface area contributed by atoms with Gasteiger partial charge >= 0.3 is 5.97 Å². The average molecular weight is 286 g/mol. The molecule has 1 aromatic heterocycles. The summed E-state index contributed by atoms with van der Waals surface area (Å²) < 4.78 is 5.40. The van der Waals surface area contributed by atoms with Gasteiger partial charge in [0.2, 0.25) is 0 Å². The molecule has 2 aromatic rings. The van der Waals surface area contributed by atoms with Crippen LogP contribution in [0.3, 0.4) is 0 Å². The predicted octanol–water partition coefficient (Wildman–Crippen LogP) is 3.04. The van der Waals surface area contributed by atoms with E-state index in [1.54, 1.807) is 12.4 Å². The Kier molecular flexibility index (Phi) is 4.52. The zero-order chi connectivity index (χ0) is 15.4. The van der Waals surface area contributed by atoms with E-state index in [9.17, 15) is 4.79 Å². The monoisotopic (exact) mass is 286 g/mol. The van der Waals surface area contributed by atoms with Crippen molar-refractivity contribution in [2.75, 3.05) is 6.61 Å². The van der Waals surface area contributed by atoms with E-state index in [0.717, 1.165) is 22.3 Å². The number of hydrogen-bond donors (Lipinski definition) is 1. The third kappa shape index (κ3) is 3.56. The summed E-state index contributed by atoms with van der Waals surface area (Å²) in [6.07, 6.45) is 5.01. The van der Waals surface area contributed by atoms with Crippen molar-refractivity contribution in [1.29, 1.82) is 0 Å². The fourth-order valence-electron chi connectivity index (χ4n) is 2.16. The third-order valence-electron chi connectivity index (χ3n) is 3.20. The number of rotatable bonds is 5. The number of nitrogens with zero attached hydrogens (tertiary/aromatic N) is 2. The molecule has 5 nitrogen and oxygen atoms in total. The minimum Gasteiger partial charge on any atom is -0.482 e. The Morgan fingerprint density at radius 1 is 1.29 bits per heavy atom. The quantitative estimate of drug-likeness (QED) is 0.914. The summed E-state index contributed by atoms with van der Waals surface area (Å²) in [4.78, 5) is 18.8.